The van der Waals surface area contributed by atoms with Crippen molar-refractivity contribution in [2.24, 2.45) is 0 Å². The van der Waals surface area contributed by atoms with Gasteiger partial charge in [-0.1, -0.05) is 19.8 Å². The molecule has 0 atom stereocenters. The van der Waals surface area contributed by atoms with Crippen LogP contribution in [0.2, 0.25) is 0 Å². The molecule has 1 aromatic rings. The predicted molar refractivity (Wildman–Crippen MR) is 63.9 cm³/mol. The van der Waals surface area contributed by atoms with Crippen molar-refractivity contribution in [3.8, 4) is 0 Å². The highest BCUT2D eigenvalue weighted by Crippen LogP contribution is 2.20. The first kappa shape index (κ1) is 11.7. The van der Waals surface area contributed by atoms with Gasteiger partial charge in [-0.05, 0) is 28.4 Å². The van der Waals surface area contributed by atoms with Crippen LogP contribution in [0.5, 0.6) is 0 Å². The van der Waals surface area contributed by atoms with Crippen LogP contribution in [0.4, 0.5) is 0 Å². The summed E-state index contributed by atoms with van der Waals surface area (Å²) >= 11 is 4.86. The molecule has 0 aliphatic heterocycles. The SMILES string of the molecule is CCCCCNC(=O)c1csc(Br)c1. The Labute approximate surface area is 96.8 Å². The second-order valence-electron chi connectivity index (χ2n) is 3.10. The van der Waals surface area contributed by atoms with Crippen molar-refractivity contribution < 1.29 is 4.79 Å². The van der Waals surface area contributed by atoms with Crippen molar-refractivity contribution >= 4 is 33.2 Å². The number of rotatable bonds is 5. The molecule has 0 radical (unpaired) electrons. The van der Waals surface area contributed by atoms with Crippen molar-refractivity contribution in [3.05, 3.63) is 20.8 Å². The largest absolute Gasteiger partial charge is 0.352 e. The van der Waals surface area contributed by atoms with Crippen molar-refractivity contribution in [3.63, 3.8) is 0 Å². The lowest BCUT2D eigenvalue weighted by Gasteiger charge is -2.01. The van der Waals surface area contributed by atoms with Gasteiger partial charge >= 0.3 is 0 Å². The van der Waals surface area contributed by atoms with Crippen LogP contribution in [0, 0.1) is 0 Å². The third-order valence-electron chi connectivity index (χ3n) is 1.90. The molecule has 0 fully saturated rings. The Hall–Kier alpha value is -0.350. The average Bonchev–Trinajstić information content (AvgIpc) is 2.59. The molecule has 1 aromatic heterocycles. The normalized spacial score (nSPS) is 10.1. The third kappa shape index (κ3) is 3.80. The molecule has 0 unspecified atom stereocenters. The van der Waals surface area contributed by atoms with E-state index in [1.54, 1.807) is 0 Å². The fraction of sp³-hybridized carbons (Fsp3) is 0.500. The number of nitrogens with one attached hydrogen (secondary N) is 1. The van der Waals surface area contributed by atoms with Crippen molar-refractivity contribution in [2.75, 3.05) is 6.54 Å². The molecule has 0 bridgehead atoms. The van der Waals surface area contributed by atoms with Gasteiger partial charge in [0.05, 0.1) is 9.35 Å². The van der Waals surface area contributed by atoms with Gasteiger partial charge in [-0.15, -0.1) is 11.3 Å². The van der Waals surface area contributed by atoms with E-state index in [2.05, 4.69) is 28.2 Å². The van der Waals surface area contributed by atoms with Crippen LogP contribution in [0.1, 0.15) is 36.5 Å². The lowest BCUT2D eigenvalue weighted by Crippen LogP contribution is -2.23. The topological polar surface area (TPSA) is 29.1 Å². The van der Waals surface area contributed by atoms with Gasteiger partial charge in [0, 0.05) is 11.9 Å². The van der Waals surface area contributed by atoms with Gasteiger partial charge in [0.15, 0.2) is 0 Å². The van der Waals surface area contributed by atoms with E-state index in [0.717, 1.165) is 22.3 Å². The summed E-state index contributed by atoms with van der Waals surface area (Å²) in [6, 6.07) is 1.85. The molecule has 0 spiro atoms. The van der Waals surface area contributed by atoms with Crippen LogP contribution in [-0.4, -0.2) is 12.5 Å². The molecule has 2 nitrogen and oxygen atoms in total. The summed E-state index contributed by atoms with van der Waals surface area (Å²) in [6.45, 7) is 2.93. The Kier molecular flexibility index (Phi) is 5.19. The molecular weight excluding hydrogens is 262 g/mol. The summed E-state index contributed by atoms with van der Waals surface area (Å²) in [5, 5.41) is 4.75. The average molecular weight is 276 g/mol. The molecule has 1 rings (SSSR count). The second kappa shape index (κ2) is 6.19. The predicted octanol–water partition coefficient (Wildman–Crippen LogP) is 3.43. The van der Waals surface area contributed by atoms with Gasteiger partial charge in [-0.3, -0.25) is 4.79 Å². The minimum absolute atomic E-state index is 0.0306. The van der Waals surface area contributed by atoms with Gasteiger partial charge in [0.1, 0.15) is 0 Å². The molecule has 1 amide bonds. The number of carbonyl (C=O) groups excluding carboxylic acids is 1. The van der Waals surface area contributed by atoms with E-state index in [0.29, 0.717) is 0 Å². The zero-order chi connectivity index (χ0) is 10.4. The monoisotopic (exact) mass is 275 g/mol. The molecule has 0 saturated heterocycles. The first-order chi connectivity index (χ1) is 6.74. The van der Waals surface area contributed by atoms with E-state index in [1.165, 1.54) is 24.2 Å². The Morgan fingerprint density at radius 1 is 1.57 bits per heavy atom. The highest BCUT2D eigenvalue weighted by atomic mass is 79.9. The second-order valence-corrected chi connectivity index (χ2v) is 5.39. The van der Waals surface area contributed by atoms with Gasteiger partial charge in [0.25, 0.3) is 5.91 Å². The molecule has 1 heterocycles. The van der Waals surface area contributed by atoms with Crippen LogP contribution in [0.3, 0.4) is 0 Å². The van der Waals surface area contributed by atoms with E-state index in [9.17, 15) is 4.79 Å². The van der Waals surface area contributed by atoms with E-state index in [1.807, 2.05) is 11.4 Å². The molecule has 14 heavy (non-hydrogen) atoms. The van der Waals surface area contributed by atoms with Gasteiger partial charge < -0.3 is 5.32 Å². The third-order valence-corrected chi connectivity index (χ3v) is 3.40. The molecule has 0 saturated carbocycles. The minimum Gasteiger partial charge on any atom is -0.352 e. The van der Waals surface area contributed by atoms with Crippen LogP contribution in [-0.2, 0) is 0 Å². The van der Waals surface area contributed by atoms with Crippen LogP contribution in [0.25, 0.3) is 0 Å². The standard InChI is InChI=1S/C10H14BrNOS/c1-2-3-4-5-12-10(13)8-6-9(11)14-7-8/h6-7H,2-5H2,1H3,(H,12,13). The Morgan fingerprint density at radius 2 is 2.36 bits per heavy atom. The molecule has 78 valence electrons. The van der Waals surface area contributed by atoms with Gasteiger partial charge in [-0.2, -0.15) is 0 Å². The number of carbonyl (C=O) groups is 1. The summed E-state index contributed by atoms with van der Waals surface area (Å²) in [7, 11) is 0. The fourth-order valence-corrected chi connectivity index (χ4v) is 2.24. The lowest BCUT2D eigenvalue weighted by atomic mass is 10.2. The van der Waals surface area contributed by atoms with Crippen molar-refractivity contribution in [2.45, 2.75) is 26.2 Å². The number of unbranched alkanes of at least 4 members (excludes halogenated alkanes) is 2. The quantitative estimate of drug-likeness (QED) is 0.820. The van der Waals surface area contributed by atoms with E-state index >= 15 is 0 Å². The summed E-state index contributed by atoms with van der Waals surface area (Å²) in [6.07, 6.45) is 3.42. The molecule has 1 N–H and O–H groups in total. The minimum atomic E-state index is 0.0306. The molecule has 4 heteroatoms. The van der Waals surface area contributed by atoms with Crippen LogP contribution >= 0.6 is 27.3 Å². The zero-order valence-corrected chi connectivity index (χ0v) is 10.6. The Bertz CT molecular complexity index is 298. The van der Waals surface area contributed by atoms with Gasteiger partial charge in [0.2, 0.25) is 0 Å². The first-order valence-corrected chi connectivity index (χ1v) is 6.43. The summed E-state index contributed by atoms with van der Waals surface area (Å²) < 4.78 is 0.996. The molecule has 0 aromatic carbocycles. The van der Waals surface area contributed by atoms with Crippen LogP contribution < -0.4 is 5.32 Å². The maximum Gasteiger partial charge on any atom is 0.252 e. The maximum atomic E-state index is 11.5. The van der Waals surface area contributed by atoms with Crippen LogP contribution in [0.15, 0.2) is 15.2 Å². The Balaban J connectivity index is 2.29. The van der Waals surface area contributed by atoms with E-state index in [4.69, 9.17) is 0 Å². The van der Waals surface area contributed by atoms with Gasteiger partial charge in [-0.25, -0.2) is 0 Å². The Morgan fingerprint density at radius 3 is 2.93 bits per heavy atom. The molecule has 0 aliphatic rings. The molecule has 0 aliphatic carbocycles. The number of amides is 1. The van der Waals surface area contributed by atoms with E-state index in [-0.39, 0.29) is 5.91 Å². The van der Waals surface area contributed by atoms with E-state index < -0.39 is 0 Å². The number of hydrogen-bond acceptors (Lipinski definition) is 2. The zero-order valence-electron chi connectivity index (χ0n) is 8.18. The fourth-order valence-electron chi connectivity index (χ4n) is 1.11. The number of hydrogen-bond donors (Lipinski definition) is 1. The summed E-state index contributed by atoms with van der Waals surface area (Å²) in [5.74, 6) is 0.0306. The summed E-state index contributed by atoms with van der Waals surface area (Å²) in [4.78, 5) is 11.5. The smallest absolute Gasteiger partial charge is 0.252 e. The number of thiophene rings is 1. The first-order valence-electron chi connectivity index (χ1n) is 4.76. The summed E-state index contributed by atoms with van der Waals surface area (Å²) in [5.41, 5.74) is 0.748. The number of halogens is 1. The highest BCUT2D eigenvalue weighted by Gasteiger charge is 2.06. The lowest BCUT2D eigenvalue weighted by molar-refractivity contribution is 0.0953. The molecular formula is C10H14BrNOS. The highest BCUT2D eigenvalue weighted by molar-refractivity contribution is 9.11. The maximum absolute atomic E-state index is 11.5. The van der Waals surface area contributed by atoms with Crippen molar-refractivity contribution in [1.82, 2.24) is 5.32 Å². The van der Waals surface area contributed by atoms with Crippen molar-refractivity contribution in [1.29, 1.82) is 0 Å².